The molecule has 0 bridgehead atoms. The number of nitrogens with one attached hydrogen (secondary N) is 1. The molecule has 0 amide bonds. The summed E-state index contributed by atoms with van der Waals surface area (Å²) in [5.41, 5.74) is 0. The zero-order valence-electron chi connectivity index (χ0n) is 7.53. The molecule has 1 aliphatic heterocycles. The van der Waals surface area contributed by atoms with Crippen LogP contribution in [0.25, 0.3) is 0 Å². The molecule has 78 valence electrons. The third-order valence-corrected chi connectivity index (χ3v) is 4.40. The van der Waals surface area contributed by atoms with Crippen molar-refractivity contribution >= 4 is 30.9 Å². The second-order valence-electron chi connectivity index (χ2n) is 3.51. The van der Waals surface area contributed by atoms with Gasteiger partial charge in [-0.25, -0.2) is 8.42 Å². The van der Waals surface area contributed by atoms with E-state index in [0.717, 1.165) is 31.1 Å². The summed E-state index contributed by atoms with van der Waals surface area (Å²) >= 11 is 3.09. The standard InChI is InChI=1S/C8H11BrN2O2S/c9-7-5-14(12,13)8(11-7)10-6-3-1-2-4-6/h5-6H,1-4H2,(H,10,11). The van der Waals surface area contributed by atoms with Crippen LogP contribution >= 0.6 is 15.9 Å². The predicted molar refractivity (Wildman–Crippen MR) is 58.8 cm³/mol. The molecule has 1 fully saturated rings. The van der Waals surface area contributed by atoms with E-state index in [1.807, 2.05) is 0 Å². The van der Waals surface area contributed by atoms with Crippen LogP contribution in [0.2, 0.25) is 0 Å². The maximum Gasteiger partial charge on any atom is 0.235 e. The zero-order valence-corrected chi connectivity index (χ0v) is 9.94. The van der Waals surface area contributed by atoms with Gasteiger partial charge in [0.25, 0.3) is 0 Å². The molecule has 0 aromatic rings. The zero-order chi connectivity index (χ0) is 10.2. The van der Waals surface area contributed by atoms with E-state index in [4.69, 9.17) is 0 Å². The molecule has 1 aliphatic carbocycles. The molecule has 1 heterocycles. The van der Waals surface area contributed by atoms with Gasteiger partial charge in [-0.05, 0) is 28.8 Å². The van der Waals surface area contributed by atoms with Crippen molar-refractivity contribution in [3.8, 4) is 0 Å². The quantitative estimate of drug-likeness (QED) is 0.740. The molecule has 2 aliphatic rings. The lowest BCUT2D eigenvalue weighted by Crippen LogP contribution is -2.23. The van der Waals surface area contributed by atoms with Crippen LogP contribution in [-0.4, -0.2) is 19.6 Å². The second-order valence-corrected chi connectivity index (χ2v) is 6.08. The Morgan fingerprint density at radius 2 is 2.07 bits per heavy atom. The maximum absolute atomic E-state index is 11.5. The third kappa shape index (κ3) is 2.00. The van der Waals surface area contributed by atoms with Crippen molar-refractivity contribution in [3.05, 3.63) is 10.0 Å². The van der Waals surface area contributed by atoms with Crippen LogP contribution in [0, 0.1) is 0 Å². The van der Waals surface area contributed by atoms with Crippen LogP contribution < -0.4 is 5.32 Å². The SMILES string of the molecule is O=S1(=O)C=C(Br)NC1=NC1CCCC1. The van der Waals surface area contributed by atoms with Gasteiger partial charge in [-0.3, -0.25) is 4.99 Å². The van der Waals surface area contributed by atoms with Gasteiger partial charge >= 0.3 is 0 Å². The van der Waals surface area contributed by atoms with Gasteiger partial charge < -0.3 is 5.32 Å². The Hall–Kier alpha value is -0.360. The molecule has 6 heteroatoms. The van der Waals surface area contributed by atoms with Crippen molar-refractivity contribution in [2.45, 2.75) is 31.7 Å². The van der Waals surface area contributed by atoms with Crippen LogP contribution in [0.15, 0.2) is 15.0 Å². The van der Waals surface area contributed by atoms with Crippen molar-refractivity contribution in [3.63, 3.8) is 0 Å². The van der Waals surface area contributed by atoms with Gasteiger partial charge in [0.2, 0.25) is 15.0 Å². The topological polar surface area (TPSA) is 58.5 Å². The lowest BCUT2D eigenvalue weighted by molar-refractivity contribution is 0.614. The minimum atomic E-state index is -3.29. The number of nitrogens with zero attached hydrogens (tertiary/aromatic N) is 1. The first kappa shape index (κ1) is 10.2. The number of amidine groups is 1. The molecule has 0 saturated heterocycles. The highest BCUT2D eigenvalue weighted by atomic mass is 79.9. The molecule has 0 unspecified atom stereocenters. The number of aliphatic imine (C=N–C) groups is 1. The molecule has 4 nitrogen and oxygen atoms in total. The first-order valence-electron chi connectivity index (χ1n) is 4.55. The molecule has 0 spiro atoms. The second kappa shape index (κ2) is 3.66. The van der Waals surface area contributed by atoms with Crippen molar-refractivity contribution in [1.29, 1.82) is 0 Å². The fourth-order valence-corrected chi connectivity index (χ4v) is 3.75. The molecule has 1 saturated carbocycles. The Labute approximate surface area is 91.5 Å². The van der Waals surface area contributed by atoms with E-state index in [1.165, 1.54) is 0 Å². The Balaban J connectivity index is 2.20. The Morgan fingerprint density at radius 1 is 1.43 bits per heavy atom. The first-order chi connectivity index (χ1) is 6.58. The van der Waals surface area contributed by atoms with E-state index < -0.39 is 9.84 Å². The van der Waals surface area contributed by atoms with E-state index in [2.05, 4.69) is 26.2 Å². The summed E-state index contributed by atoms with van der Waals surface area (Å²) in [6.45, 7) is 0. The first-order valence-corrected chi connectivity index (χ1v) is 6.89. The fourth-order valence-electron chi connectivity index (χ4n) is 1.70. The van der Waals surface area contributed by atoms with Gasteiger partial charge in [0, 0.05) is 0 Å². The molecular formula is C8H11BrN2O2S. The summed E-state index contributed by atoms with van der Waals surface area (Å²) in [7, 11) is -3.29. The Bertz CT molecular complexity index is 394. The molecule has 0 atom stereocenters. The summed E-state index contributed by atoms with van der Waals surface area (Å²) < 4.78 is 23.4. The summed E-state index contributed by atoms with van der Waals surface area (Å²) in [5, 5.41) is 3.96. The number of rotatable bonds is 1. The average molecular weight is 279 g/mol. The largest absolute Gasteiger partial charge is 0.324 e. The third-order valence-electron chi connectivity index (χ3n) is 2.38. The predicted octanol–water partition coefficient (Wildman–Crippen LogP) is 1.50. The van der Waals surface area contributed by atoms with Crippen LogP contribution in [0.3, 0.4) is 0 Å². The van der Waals surface area contributed by atoms with Gasteiger partial charge in [-0.2, -0.15) is 0 Å². The molecule has 0 radical (unpaired) electrons. The lowest BCUT2D eigenvalue weighted by atomic mass is 10.3. The minimum absolute atomic E-state index is 0.0938. The van der Waals surface area contributed by atoms with Gasteiger partial charge in [-0.15, -0.1) is 0 Å². The minimum Gasteiger partial charge on any atom is -0.324 e. The Morgan fingerprint density at radius 3 is 2.57 bits per heavy atom. The Kier molecular flexibility index (Phi) is 2.66. The number of halogens is 1. The monoisotopic (exact) mass is 278 g/mol. The molecule has 0 aromatic heterocycles. The highest BCUT2D eigenvalue weighted by Crippen LogP contribution is 2.23. The van der Waals surface area contributed by atoms with Crippen LogP contribution in [-0.2, 0) is 9.84 Å². The summed E-state index contributed by atoms with van der Waals surface area (Å²) in [5.74, 6) is 0. The van der Waals surface area contributed by atoms with E-state index in [0.29, 0.717) is 4.61 Å². The van der Waals surface area contributed by atoms with Gasteiger partial charge in [-0.1, -0.05) is 12.8 Å². The van der Waals surface area contributed by atoms with E-state index in [9.17, 15) is 8.42 Å². The maximum atomic E-state index is 11.5. The van der Waals surface area contributed by atoms with Crippen LogP contribution in [0.1, 0.15) is 25.7 Å². The molecular weight excluding hydrogens is 268 g/mol. The van der Waals surface area contributed by atoms with E-state index >= 15 is 0 Å². The number of hydrogen-bond donors (Lipinski definition) is 1. The highest BCUT2D eigenvalue weighted by molar-refractivity contribution is 9.11. The molecule has 0 aromatic carbocycles. The number of hydrogen-bond acceptors (Lipinski definition) is 3. The summed E-state index contributed by atoms with van der Waals surface area (Å²) in [6.07, 6.45) is 4.29. The van der Waals surface area contributed by atoms with Gasteiger partial charge in [0.15, 0.2) is 0 Å². The van der Waals surface area contributed by atoms with Crippen molar-refractivity contribution in [2.24, 2.45) is 4.99 Å². The van der Waals surface area contributed by atoms with E-state index in [-0.39, 0.29) is 11.2 Å². The highest BCUT2D eigenvalue weighted by Gasteiger charge is 2.27. The molecule has 1 N–H and O–H groups in total. The van der Waals surface area contributed by atoms with Crippen LogP contribution in [0.4, 0.5) is 0 Å². The van der Waals surface area contributed by atoms with Crippen LogP contribution in [0.5, 0.6) is 0 Å². The summed E-state index contributed by atoms with van der Waals surface area (Å²) in [6, 6.07) is 0.180. The lowest BCUT2D eigenvalue weighted by Gasteiger charge is -2.04. The fraction of sp³-hybridized carbons (Fsp3) is 0.625. The normalized spacial score (nSPS) is 29.2. The average Bonchev–Trinajstić information content (AvgIpc) is 2.61. The van der Waals surface area contributed by atoms with Crippen molar-refractivity contribution in [1.82, 2.24) is 5.32 Å². The molecule has 14 heavy (non-hydrogen) atoms. The van der Waals surface area contributed by atoms with Gasteiger partial charge in [0.05, 0.1) is 16.1 Å². The molecule has 2 rings (SSSR count). The summed E-state index contributed by atoms with van der Waals surface area (Å²) in [4.78, 5) is 4.21. The van der Waals surface area contributed by atoms with Gasteiger partial charge in [0.1, 0.15) is 0 Å². The number of sulfone groups is 1. The van der Waals surface area contributed by atoms with Crippen molar-refractivity contribution in [2.75, 3.05) is 0 Å². The van der Waals surface area contributed by atoms with E-state index in [1.54, 1.807) is 0 Å². The smallest absolute Gasteiger partial charge is 0.235 e. The van der Waals surface area contributed by atoms with Crippen molar-refractivity contribution < 1.29 is 8.42 Å².